The quantitative estimate of drug-likeness (QED) is 0.502. The maximum atomic E-state index is 3.88. The Balaban J connectivity index is 4.13. The van der Waals surface area contributed by atoms with E-state index in [9.17, 15) is 0 Å². The van der Waals surface area contributed by atoms with Crippen molar-refractivity contribution in [2.75, 3.05) is 0 Å². The lowest BCUT2D eigenvalue weighted by atomic mass is 10.1. The second-order valence-corrected chi connectivity index (χ2v) is 2.62. The van der Waals surface area contributed by atoms with Gasteiger partial charge in [0.2, 0.25) is 0 Å². The molecule has 0 aliphatic carbocycles. The van der Waals surface area contributed by atoms with Gasteiger partial charge in [0.25, 0.3) is 0 Å². The van der Waals surface area contributed by atoms with E-state index in [1.165, 1.54) is 0 Å². The normalized spacial score (nSPS) is 12.8. The van der Waals surface area contributed by atoms with Crippen molar-refractivity contribution in [2.24, 2.45) is 0 Å². The molecule has 0 aromatic heterocycles. The average molecular weight is 181 g/mol. The molecule has 0 spiro atoms. The minimum Gasteiger partial charge on any atom is -0.339 e. The predicted octanol–water partition coefficient (Wildman–Crippen LogP) is 3.01. The van der Waals surface area contributed by atoms with Gasteiger partial charge in [-0.25, -0.2) is 0 Å². The van der Waals surface area contributed by atoms with Crippen LogP contribution in [0, 0.1) is 0 Å². The first-order valence-electron chi connectivity index (χ1n) is 3.77. The van der Waals surface area contributed by atoms with Crippen molar-refractivity contribution in [2.45, 2.75) is 13.8 Å². The molecule has 12 heavy (non-hydrogen) atoms. The van der Waals surface area contributed by atoms with Gasteiger partial charge in [0.05, 0.1) is 0 Å². The summed E-state index contributed by atoms with van der Waals surface area (Å²) in [5.74, 6) is 0. The third-order valence-electron chi connectivity index (χ3n) is 1.39. The lowest BCUT2D eigenvalue weighted by molar-refractivity contribution is 1.32. The van der Waals surface area contributed by atoms with Crippen molar-refractivity contribution >= 4 is 12.8 Å². The summed E-state index contributed by atoms with van der Waals surface area (Å²) in [5, 5.41) is 0. The van der Waals surface area contributed by atoms with Crippen LogP contribution in [0.3, 0.4) is 0 Å². The highest BCUT2D eigenvalue weighted by molar-refractivity contribution is 7.78. The molecule has 2 heteroatoms. The van der Waals surface area contributed by atoms with Gasteiger partial charge in [0.15, 0.2) is 0 Å². The maximum Gasteiger partial charge on any atom is 0.0105 e. The summed E-state index contributed by atoms with van der Waals surface area (Å²) in [7, 11) is 0. The fourth-order valence-corrected chi connectivity index (χ4v) is 0.797. The Morgan fingerprint density at radius 3 is 2.58 bits per heavy atom. The summed E-state index contributed by atoms with van der Waals surface area (Å²) in [6.45, 7) is 7.84. The first kappa shape index (κ1) is 11.1. The molecule has 0 bridgehead atoms. The van der Waals surface area contributed by atoms with E-state index in [1.807, 2.05) is 38.2 Å². The zero-order valence-electron chi connectivity index (χ0n) is 7.54. The van der Waals surface area contributed by atoms with Gasteiger partial charge in [-0.1, -0.05) is 43.7 Å². The minimum atomic E-state index is 0.981. The minimum absolute atomic E-state index is 0.981. The smallest absolute Gasteiger partial charge is 0.0105 e. The number of hydrogen-bond acceptors (Lipinski definition) is 2. The highest BCUT2D eigenvalue weighted by Crippen LogP contribution is 2.06. The van der Waals surface area contributed by atoms with Crippen molar-refractivity contribution in [3.8, 4) is 0 Å². The number of nitrogens with one attached hydrogen (secondary N) is 1. The molecule has 0 aromatic carbocycles. The van der Waals surface area contributed by atoms with Crippen LogP contribution >= 0.6 is 12.8 Å². The van der Waals surface area contributed by atoms with Crippen molar-refractivity contribution in [3.63, 3.8) is 0 Å². The highest BCUT2D eigenvalue weighted by Gasteiger charge is 1.88. The first-order chi connectivity index (χ1) is 5.72. The van der Waals surface area contributed by atoms with Crippen LogP contribution < -0.4 is 4.72 Å². The van der Waals surface area contributed by atoms with Gasteiger partial charge in [-0.3, -0.25) is 0 Å². The zero-order valence-corrected chi connectivity index (χ0v) is 8.44. The molecule has 0 fully saturated rings. The summed E-state index contributed by atoms with van der Waals surface area (Å²) in [6, 6.07) is 0. The van der Waals surface area contributed by atoms with Gasteiger partial charge in [-0.05, 0) is 25.0 Å². The Labute approximate surface area is 80.1 Å². The van der Waals surface area contributed by atoms with E-state index in [4.69, 9.17) is 0 Å². The van der Waals surface area contributed by atoms with E-state index in [0.717, 1.165) is 11.1 Å². The van der Waals surface area contributed by atoms with Crippen molar-refractivity contribution in [1.29, 1.82) is 0 Å². The fourth-order valence-electron chi connectivity index (χ4n) is 0.604. The van der Waals surface area contributed by atoms with Crippen LogP contribution in [0.4, 0.5) is 0 Å². The second kappa shape index (κ2) is 6.80. The van der Waals surface area contributed by atoms with Crippen molar-refractivity contribution in [1.82, 2.24) is 4.72 Å². The maximum absolute atomic E-state index is 3.88. The molecule has 0 unspecified atom stereocenters. The molecule has 0 atom stereocenters. The summed E-state index contributed by atoms with van der Waals surface area (Å²) in [4.78, 5) is 0. The van der Waals surface area contributed by atoms with Gasteiger partial charge in [0.1, 0.15) is 0 Å². The van der Waals surface area contributed by atoms with E-state index in [1.54, 1.807) is 6.20 Å². The van der Waals surface area contributed by atoms with E-state index >= 15 is 0 Å². The number of allylic oxidation sites excluding steroid dienone is 6. The standard InChI is InChI=1S/C10H15NS/c1-4-5-6-7-9(2)10(3)8-11-12/h4-8,11-12H,2H2,1,3H3/b5-4-,7-6-,10-8+. The van der Waals surface area contributed by atoms with Crippen LogP contribution in [0.15, 0.2) is 48.2 Å². The Kier molecular flexibility index (Phi) is 6.29. The van der Waals surface area contributed by atoms with Crippen molar-refractivity contribution in [3.05, 3.63) is 48.2 Å². The van der Waals surface area contributed by atoms with Crippen LogP contribution in [-0.2, 0) is 0 Å². The summed E-state index contributed by atoms with van der Waals surface area (Å²) in [5.41, 5.74) is 2.06. The molecule has 0 radical (unpaired) electrons. The van der Waals surface area contributed by atoms with Gasteiger partial charge in [0, 0.05) is 6.20 Å². The second-order valence-electron chi connectivity index (χ2n) is 2.37. The predicted molar refractivity (Wildman–Crippen MR) is 59.0 cm³/mol. The third kappa shape index (κ3) is 4.85. The molecule has 1 N–H and O–H groups in total. The lowest BCUT2D eigenvalue weighted by Crippen LogP contribution is -1.87. The number of rotatable bonds is 4. The highest BCUT2D eigenvalue weighted by atomic mass is 32.1. The van der Waals surface area contributed by atoms with E-state index in [2.05, 4.69) is 24.1 Å². The Bertz CT molecular complexity index is 224. The molecule has 0 aliphatic rings. The molecule has 0 aliphatic heterocycles. The van der Waals surface area contributed by atoms with Gasteiger partial charge in [-0.2, -0.15) is 0 Å². The van der Waals surface area contributed by atoms with Crippen LogP contribution in [0.25, 0.3) is 0 Å². The average Bonchev–Trinajstić information content (AvgIpc) is 2.05. The van der Waals surface area contributed by atoms with Gasteiger partial charge in [-0.15, -0.1) is 0 Å². The SMILES string of the molecule is C=C(/C=C\C=C/C)/C(C)=C/NS. The molecular formula is C10H15NS. The molecule has 0 aromatic rings. The topological polar surface area (TPSA) is 12.0 Å². The number of thiol groups is 1. The fraction of sp³-hybridized carbons (Fsp3) is 0.200. The van der Waals surface area contributed by atoms with Gasteiger partial charge < -0.3 is 4.72 Å². The van der Waals surface area contributed by atoms with Crippen LogP contribution in [0.2, 0.25) is 0 Å². The Morgan fingerprint density at radius 2 is 2.08 bits per heavy atom. The van der Waals surface area contributed by atoms with E-state index in [0.29, 0.717) is 0 Å². The zero-order chi connectivity index (χ0) is 9.40. The van der Waals surface area contributed by atoms with Crippen LogP contribution in [0.1, 0.15) is 13.8 Å². The lowest BCUT2D eigenvalue weighted by Gasteiger charge is -1.98. The van der Waals surface area contributed by atoms with E-state index in [-0.39, 0.29) is 0 Å². The first-order valence-corrected chi connectivity index (χ1v) is 4.22. The molecule has 1 nitrogen and oxygen atoms in total. The monoisotopic (exact) mass is 181 g/mol. The molecule has 0 saturated heterocycles. The molecule has 0 amide bonds. The van der Waals surface area contributed by atoms with Crippen molar-refractivity contribution < 1.29 is 0 Å². The van der Waals surface area contributed by atoms with Crippen LogP contribution in [-0.4, -0.2) is 0 Å². The largest absolute Gasteiger partial charge is 0.339 e. The summed E-state index contributed by atoms with van der Waals surface area (Å²) in [6.07, 6.45) is 9.65. The molecule has 66 valence electrons. The Morgan fingerprint density at radius 1 is 1.42 bits per heavy atom. The summed E-state index contributed by atoms with van der Waals surface area (Å²) >= 11 is 3.86. The molecule has 0 heterocycles. The molecule has 0 saturated carbocycles. The molecular weight excluding hydrogens is 166 g/mol. The third-order valence-corrected chi connectivity index (χ3v) is 1.52. The summed E-state index contributed by atoms with van der Waals surface area (Å²) < 4.78 is 2.66. The molecule has 0 rings (SSSR count). The Hall–Kier alpha value is -0.890. The van der Waals surface area contributed by atoms with E-state index < -0.39 is 0 Å². The number of hydrogen-bond donors (Lipinski definition) is 2. The van der Waals surface area contributed by atoms with Crippen LogP contribution in [0.5, 0.6) is 0 Å². The van der Waals surface area contributed by atoms with Gasteiger partial charge >= 0.3 is 0 Å².